The summed E-state index contributed by atoms with van der Waals surface area (Å²) in [4.78, 5) is 22.7. The van der Waals surface area contributed by atoms with Gasteiger partial charge in [-0.3, -0.25) is 14.3 Å². The summed E-state index contributed by atoms with van der Waals surface area (Å²) in [5.74, 6) is -0.642. The lowest BCUT2D eigenvalue weighted by Crippen LogP contribution is -2.33. The molecule has 0 fully saturated rings. The molecule has 0 saturated heterocycles. The number of primary amides is 1. The number of hydrogen-bond donors (Lipinski definition) is 3. The first-order valence-electron chi connectivity index (χ1n) is 7.74. The maximum Gasteiger partial charge on any atom is 0.261 e. The molecule has 0 unspecified atom stereocenters. The minimum absolute atomic E-state index is 0.0598. The van der Waals surface area contributed by atoms with Crippen LogP contribution in [0.5, 0.6) is 5.75 Å². The first-order chi connectivity index (χ1) is 12.3. The predicted molar refractivity (Wildman–Crippen MR) is 96.4 cm³/mol. The molecule has 0 aliphatic rings. The van der Waals surface area contributed by atoms with Gasteiger partial charge in [-0.25, -0.2) is 8.42 Å². The molecule has 2 rings (SSSR count). The van der Waals surface area contributed by atoms with E-state index in [1.807, 2.05) is 6.92 Å². The van der Waals surface area contributed by atoms with Crippen LogP contribution in [-0.2, 0) is 14.8 Å². The van der Waals surface area contributed by atoms with Gasteiger partial charge >= 0.3 is 0 Å². The fourth-order valence-corrected chi connectivity index (χ4v) is 3.14. The summed E-state index contributed by atoms with van der Waals surface area (Å²) in [6.07, 6.45) is 0. The predicted octanol–water partition coefficient (Wildman–Crippen LogP) is 1.10. The Kier molecular flexibility index (Phi) is 6.18. The van der Waals surface area contributed by atoms with Crippen molar-refractivity contribution in [3.05, 3.63) is 54.1 Å². The van der Waals surface area contributed by atoms with Gasteiger partial charge in [-0.1, -0.05) is 6.07 Å². The molecular weight excluding hydrogens is 358 g/mol. The Bertz CT molecular complexity index is 895. The zero-order chi connectivity index (χ0) is 19.2. The Labute approximate surface area is 151 Å². The number of carbonyl (C=O) groups excluding carboxylic acids is 2. The molecule has 2 aromatic rings. The molecule has 0 bridgehead atoms. The van der Waals surface area contributed by atoms with Crippen LogP contribution in [-0.4, -0.2) is 33.4 Å². The third-order valence-electron chi connectivity index (χ3n) is 3.25. The number of carbonyl (C=O) groups is 2. The molecule has 0 spiro atoms. The van der Waals surface area contributed by atoms with Crippen LogP contribution < -0.4 is 20.5 Å². The summed E-state index contributed by atoms with van der Waals surface area (Å²) < 4.78 is 32.6. The summed E-state index contributed by atoms with van der Waals surface area (Å²) in [5.41, 5.74) is 5.38. The minimum atomic E-state index is -3.82. The molecule has 2 amide bonds. The number of nitrogens with two attached hydrogens (primary N) is 1. The number of benzene rings is 2. The van der Waals surface area contributed by atoms with Crippen molar-refractivity contribution < 1.29 is 22.7 Å². The van der Waals surface area contributed by atoms with Gasteiger partial charge in [0.05, 0.1) is 18.0 Å². The third kappa shape index (κ3) is 5.21. The molecule has 0 saturated carbocycles. The van der Waals surface area contributed by atoms with Crippen molar-refractivity contribution in [1.29, 1.82) is 0 Å². The number of ether oxygens (including phenoxy) is 1. The number of hydrogen-bond acceptors (Lipinski definition) is 5. The van der Waals surface area contributed by atoms with Gasteiger partial charge in [0.1, 0.15) is 5.75 Å². The standard InChI is InChI=1S/C17H19N3O5S/c1-2-25-14-6-8-15(9-7-14)26(23,24)20-13-5-3-4-12(10-13)17(22)19-11-16(18)21/h3-10,20H,2,11H2,1H3,(H2,18,21)(H,19,22). The van der Waals surface area contributed by atoms with Crippen molar-refractivity contribution >= 4 is 27.5 Å². The van der Waals surface area contributed by atoms with Crippen molar-refractivity contribution in [1.82, 2.24) is 5.32 Å². The molecule has 8 nitrogen and oxygen atoms in total. The van der Waals surface area contributed by atoms with E-state index in [1.54, 1.807) is 12.1 Å². The van der Waals surface area contributed by atoms with Gasteiger partial charge in [-0.05, 0) is 49.4 Å². The van der Waals surface area contributed by atoms with Crippen LogP contribution in [0.15, 0.2) is 53.4 Å². The van der Waals surface area contributed by atoms with E-state index in [9.17, 15) is 18.0 Å². The van der Waals surface area contributed by atoms with E-state index in [-0.39, 0.29) is 22.7 Å². The van der Waals surface area contributed by atoms with Crippen LogP contribution in [0.25, 0.3) is 0 Å². The largest absolute Gasteiger partial charge is 0.494 e. The number of rotatable bonds is 8. The molecule has 0 aliphatic heterocycles. The first-order valence-corrected chi connectivity index (χ1v) is 9.22. The van der Waals surface area contributed by atoms with Crippen molar-refractivity contribution in [2.75, 3.05) is 17.9 Å². The Morgan fingerprint density at radius 3 is 2.42 bits per heavy atom. The summed E-state index contributed by atoms with van der Waals surface area (Å²) in [5, 5.41) is 2.33. The quantitative estimate of drug-likeness (QED) is 0.635. The van der Waals surface area contributed by atoms with E-state index in [1.165, 1.54) is 36.4 Å². The van der Waals surface area contributed by atoms with Crippen molar-refractivity contribution in [2.45, 2.75) is 11.8 Å². The van der Waals surface area contributed by atoms with Crippen molar-refractivity contribution in [3.63, 3.8) is 0 Å². The van der Waals surface area contributed by atoms with Gasteiger partial charge in [0.15, 0.2) is 0 Å². The van der Waals surface area contributed by atoms with E-state index in [2.05, 4.69) is 10.0 Å². The molecule has 0 aliphatic carbocycles. The number of nitrogens with one attached hydrogen (secondary N) is 2. The van der Waals surface area contributed by atoms with Gasteiger partial charge in [0, 0.05) is 11.3 Å². The molecule has 9 heteroatoms. The number of sulfonamides is 1. The topological polar surface area (TPSA) is 128 Å². The minimum Gasteiger partial charge on any atom is -0.494 e. The Morgan fingerprint density at radius 1 is 1.12 bits per heavy atom. The van der Waals surface area contributed by atoms with Crippen LogP contribution in [0.2, 0.25) is 0 Å². The molecule has 138 valence electrons. The maximum atomic E-state index is 12.5. The third-order valence-corrected chi connectivity index (χ3v) is 4.64. The lowest BCUT2D eigenvalue weighted by Gasteiger charge is -2.10. The van der Waals surface area contributed by atoms with E-state index < -0.39 is 21.8 Å². The van der Waals surface area contributed by atoms with Crippen LogP contribution in [0.3, 0.4) is 0 Å². The Hall–Kier alpha value is -3.07. The van der Waals surface area contributed by atoms with Crippen LogP contribution in [0.4, 0.5) is 5.69 Å². The average Bonchev–Trinajstić information content (AvgIpc) is 2.60. The first kappa shape index (κ1) is 19.3. The second-order valence-corrected chi connectivity index (χ2v) is 6.92. The van der Waals surface area contributed by atoms with E-state index in [4.69, 9.17) is 10.5 Å². The highest BCUT2D eigenvalue weighted by Gasteiger charge is 2.15. The summed E-state index contributed by atoms with van der Waals surface area (Å²) in [6, 6.07) is 11.9. The van der Waals surface area contributed by atoms with Crippen LogP contribution in [0.1, 0.15) is 17.3 Å². The second kappa shape index (κ2) is 8.34. The van der Waals surface area contributed by atoms with Crippen LogP contribution >= 0.6 is 0 Å². The van der Waals surface area contributed by atoms with E-state index in [0.717, 1.165) is 0 Å². The van der Waals surface area contributed by atoms with E-state index >= 15 is 0 Å². The number of amides is 2. The Morgan fingerprint density at radius 2 is 1.81 bits per heavy atom. The van der Waals surface area contributed by atoms with Crippen molar-refractivity contribution in [2.24, 2.45) is 5.73 Å². The van der Waals surface area contributed by atoms with E-state index in [0.29, 0.717) is 12.4 Å². The lowest BCUT2D eigenvalue weighted by atomic mass is 10.2. The zero-order valence-electron chi connectivity index (χ0n) is 14.1. The Balaban J connectivity index is 2.15. The highest BCUT2D eigenvalue weighted by atomic mass is 32.2. The maximum absolute atomic E-state index is 12.5. The lowest BCUT2D eigenvalue weighted by molar-refractivity contribution is -0.117. The smallest absolute Gasteiger partial charge is 0.261 e. The van der Waals surface area contributed by atoms with Gasteiger partial charge in [-0.2, -0.15) is 0 Å². The normalized spacial score (nSPS) is 10.8. The number of anilines is 1. The fraction of sp³-hybridized carbons (Fsp3) is 0.176. The molecule has 0 heterocycles. The SMILES string of the molecule is CCOc1ccc(S(=O)(=O)Nc2cccc(C(=O)NCC(N)=O)c2)cc1. The summed E-state index contributed by atoms with van der Waals surface area (Å²) >= 11 is 0. The highest BCUT2D eigenvalue weighted by Crippen LogP contribution is 2.20. The fourth-order valence-electron chi connectivity index (χ4n) is 2.09. The van der Waals surface area contributed by atoms with Gasteiger partial charge in [-0.15, -0.1) is 0 Å². The molecule has 0 aromatic heterocycles. The highest BCUT2D eigenvalue weighted by molar-refractivity contribution is 7.92. The molecule has 26 heavy (non-hydrogen) atoms. The van der Waals surface area contributed by atoms with Gasteiger partial charge in [0.25, 0.3) is 15.9 Å². The monoisotopic (exact) mass is 377 g/mol. The molecule has 0 atom stereocenters. The van der Waals surface area contributed by atoms with Crippen LogP contribution in [0, 0.1) is 0 Å². The average molecular weight is 377 g/mol. The summed E-state index contributed by atoms with van der Waals surface area (Å²) in [7, 11) is -3.82. The second-order valence-electron chi connectivity index (χ2n) is 5.24. The molecule has 4 N–H and O–H groups in total. The summed E-state index contributed by atoms with van der Waals surface area (Å²) in [6.45, 7) is 2.01. The molecule has 2 aromatic carbocycles. The zero-order valence-corrected chi connectivity index (χ0v) is 14.9. The van der Waals surface area contributed by atoms with Crippen molar-refractivity contribution in [3.8, 4) is 5.75 Å². The molecular formula is C17H19N3O5S. The molecule has 0 radical (unpaired) electrons. The van der Waals surface area contributed by atoms with Gasteiger partial charge < -0.3 is 15.8 Å². The van der Waals surface area contributed by atoms with Gasteiger partial charge in [0.2, 0.25) is 5.91 Å².